The van der Waals surface area contributed by atoms with Crippen LogP contribution in [0.25, 0.3) is 0 Å². The van der Waals surface area contributed by atoms with E-state index in [4.69, 9.17) is 0 Å². The number of aromatic nitrogens is 2. The molecule has 20 heavy (non-hydrogen) atoms. The molecule has 0 bridgehead atoms. The Morgan fingerprint density at radius 3 is 2.90 bits per heavy atom. The van der Waals surface area contributed by atoms with Crippen molar-refractivity contribution in [3.05, 3.63) is 53.6 Å². The second-order valence-corrected chi connectivity index (χ2v) is 4.49. The van der Waals surface area contributed by atoms with Crippen molar-refractivity contribution in [1.29, 1.82) is 0 Å². The number of carbonyl (C=O) groups is 1. The lowest BCUT2D eigenvalue weighted by molar-refractivity contribution is 0.0954. The molecule has 0 aliphatic carbocycles. The van der Waals surface area contributed by atoms with Crippen LogP contribution in [0.4, 0.5) is 5.69 Å². The molecule has 2 rings (SSSR count). The van der Waals surface area contributed by atoms with E-state index in [-0.39, 0.29) is 5.91 Å². The Bertz CT molecular complexity index is 584. The minimum Gasteiger partial charge on any atom is -0.387 e. The second kappa shape index (κ2) is 6.65. The zero-order valence-corrected chi connectivity index (χ0v) is 11.7. The molecule has 5 nitrogen and oxygen atoms in total. The molecule has 0 aliphatic rings. The number of nitrogens with zero attached hydrogens (tertiary/aromatic N) is 2. The molecule has 0 aromatic carbocycles. The van der Waals surface area contributed by atoms with E-state index in [1.807, 2.05) is 25.1 Å². The molecule has 0 saturated heterocycles. The first-order valence-corrected chi connectivity index (χ1v) is 6.52. The summed E-state index contributed by atoms with van der Waals surface area (Å²) >= 11 is 0. The van der Waals surface area contributed by atoms with Gasteiger partial charge < -0.3 is 10.6 Å². The molecule has 0 spiro atoms. The van der Waals surface area contributed by atoms with Gasteiger partial charge in [-0.3, -0.25) is 14.8 Å². The molecule has 2 aromatic rings. The first-order chi connectivity index (χ1) is 9.70. The third-order valence-corrected chi connectivity index (χ3v) is 2.98. The fourth-order valence-electron chi connectivity index (χ4n) is 1.91. The first-order valence-electron chi connectivity index (χ1n) is 6.52. The molecule has 0 atom stereocenters. The molecule has 0 saturated carbocycles. The van der Waals surface area contributed by atoms with Gasteiger partial charge in [0, 0.05) is 37.9 Å². The van der Waals surface area contributed by atoms with E-state index in [9.17, 15) is 4.79 Å². The fourth-order valence-corrected chi connectivity index (χ4v) is 1.91. The number of nitrogens with one attached hydrogen (secondary N) is 2. The summed E-state index contributed by atoms with van der Waals surface area (Å²) in [5.74, 6) is -0.120. The maximum Gasteiger partial charge on any atom is 0.254 e. The third kappa shape index (κ3) is 3.54. The highest BCUT2D eigenvalue weighted by Gasteiger charge is 2.10. The van der Waals surface area contributed by atoms with Gasteiger partial charge in [-0.15, -0.1) is 0 Å². The molecule has 0 radical (unpaired) electrons. The standard InChI is InChI=1S/C15H18N4O/c1-11-8-14(16-2)13(10-19-11)15(20)18-7-5-12-4-3-6-17-9-12/h3-4,6,8-10H,5,7H2,1-2H3,(H,16,19)(H,18,20). The largest absolute Gasteiger partial charge is 0.387 e. The molecule has 1 amide bonds. The topological polar surface area (TPSA) is 66.9 Å². The van der Waals surface area contributed by atoms with Crippen LogP contribution in [0.2, 0.25) is 0 Å². The number of hydrogen-bond acceptors (Lipinski definition) is 4. The van der Waals surface area contributed by atoms with Crippen LogP contribution in [-0.4, -0.2) is 29.5 Å². The molecule has 2 N–H and O–H groups in total. The van der Waals surface area contributed by atoms with Crippen LogP contribution >= 0.6 is 0 Å². The number of aryl methyl sites for hydroxylation is 1. The van der Waals surface area contributed by atoms with Gasteiger partial charge in [-0.2, -0.15) is 0 Å². The third-order valence-electron chi connectivity index (χ3n) is 2.98. The summed E-state index contributed by atoms with van der Waals surface area (Å²) in [5, 5.41) is 5.91. The maximum absolute atomic E-state index is 12.1. The SMILES string of the molecule is CNc1cc(C)ncc1C(=O)NCCc1cccnc1. The molecule has 2 aromatic heterocycles. The van der Waals surface area contributed by atoms with Gasteiger partial charge in [0.2, 0.25) is 0 Å². The fraction of sp³-hybridized carbons (Fsp3) is 0.267. The van der Waals surface area contributed by atoms with Crippen molar-refractivity contribution in [3.63, 3.8) is 0 Å². The maximum atomic E-state index is 12.1. The van der Waals surface area contributed by atoms with Crippen molar-refractivity contribution in [2.75, 3.05) is 18.9 Å². The molecule has 0 unspecified atom stereocenters. The van der Waals surface area contributed by atoms with Crippen LogP contribution < -0.4 is 10.6 Å². The van der Waals surface area contributed by atoms with Gasteiger partial charge in [0.05, 0.1) is 11.3 Å². The monoisotopic (exact) mass is 270 g/mol. The number of amides is 1. The summed E-state index contributed by atoms with van der Waals surface area (Å²) in [6.07, 6.45) is 5.90. The lowest BCUT2D eigenvalue weighted by Gasteiger charge is -2.10. The Labute approximate surface area is 118 Å². The summed E-state index contributed by atoms with van der Waals surface area (Å²) in [4.78, 5) is 20.3. The van der Waals surface area contributed by atoms with Gasteiger partial charge in [0.25, 0.3) is 5.91 Å². The number of anilines is 1. The number of rotatable bonds is 5. The predicted octanol–water partition coefficient (Wildman–Crippen LogP) is 1.80. The molecular formula is C15H18N4O. The van der Waals surface area contributed by atoms with Crippen molar-refractivity contribution >= 4 is 11.6 Å². The number of carbonyl (C=O) groups excluding carboxylic acids is 1. The van der Waals surface area contributed by atoms with Crippen molar-refractivity contribution in [3.8, 4) is 0 Å². The van der Waals surface area contributed by atoms with Gasteiger partial charge in [0.15, 0.2) is 0 Å². The quantitative estimate of drug-likeness (QED) is 0.869. The van der Waals surface area contributed by atoms with E-state index in [0.717, 1.165) is 23.4 Å². The molecule has 5 heteroatoms. The van der Waals surface area contributed by atoms with Gasteiger partial charge in [-0.1, -0.05) is 6.07 Å². The van der Waals surface area contributed by atoms with Gasteiger partial charge in [0.1, 0.15) is 0 Å². The lowest BCUT2D eigenvalue weighted by atomic mass is 10.2. The average Bonchev–Trinajstić information content (AvgIpc) is 2.48. The van der Waals surface area contributed by atoms with E-state index < -0.39 is 0 Å². The van der Waals surface area contributed by atoms with Gasteiger partial charge in [-0.05, 0) is 31.0 Å². The van der Waals surface area contributed by atoms with Gasteiger partial charge in [-0.25, -0.2) is 0 Å². The Morgan fingerprint density at radius 2 is 2.20 bits per heavy atom. The second-order valence-electron chi connectivity index (χ2n) is 4.49. The van der Waals surface area contributed by atoms with Crippen LogP contribution in [0.15, 0.2) is 36.8 Å². The Morgan fingerprint density at radius 1 is 1.35 bits per heavy atom. The van der Waals surface area contributed by atoms with E-state index in [1.54, 1.807) is 25.6 Å². The van der Waals surface area contributed by atoms with E-state index in [2.05, 4.69) is 20.6 Å². The van der Waals surface area contributed by atoms with Gasteiger partial charge >= 0.3 is 0 Å². The minimum atomic E-state index is -0.120. The zero-order chi connectivity index (χ0) is 14.4. The molecule has 104 valence electrons. The van der Waals surface area contributed by atoms with Crippen LogP contribution in [0, 0.1) is 6.92 Å². The highest BCUT2D eigenvalue weighted by Crippen LogP contribution is 2.14. The molecule has 2 heterocycles. The summed E-state index contributed by atoms with van der Waals surface area (Å²) < 4.78 is 0. The zero-order valence-electron chi connectivity index (χ0n) is 11.7. The predicted molar refractivity (Wildman–Crippen MR) is 78.8 cm³/mol. The van der Waals surface area contributed by atoms with E-state index in [1.165, 1.54) is 0 Å². The minimum absolute atomic E-state index is 0.120. The van der Waals surface area contributed by atoms with Crippen LogP contribution in [0.3, 0.4) is 0 Å². The number of pyridine rings is 2. The highest BCUT2D eigenvalue weighted by atomic mass is 16.1. The van der Waals surface area contributed by atoms with Crippen LogP contribution in [0.5, 0.6) is 0 Å². The first kappa shape index (κ1) is 14.0. The molecule has 0 aliphatic heterocycles. The smallest absolute Gasteiger partial charge is 0.254 e. The van der Waals surface area contributed by atoms with Crippen molar-refractivity contribution in [2.24, 2.45) is 0 Å². The van der Waals surface area contributed by atoms with Crippen molar-refractivity contribution < 1.29 is 4.79 Å². The molecule has 0 fully saturated rings. The van der Waals surface area contributed by atoms with E-state index >= 15 is 0 Å². The normalized spacial score (nSPS) is 10.1. The van der Waals surface area contributed by atoms with Crippen LogP contribution in [-0.2, 0) is 6.42 Å². The average molecular weight is 270 g/mol. The van der Waals surface area contributed by atoms with Crippen molar-refractivity contribution in [1.82, 2.24) is 15.3 Å². The summed E-state index contributed by atoms with van der Waals surface area (Å²) in [5.41, 5.74) is 3.32. The Balaban J connectivity index is 1.95. The highest BCUT2D eigenvalue weighted by molar-refractivity contribution is 5.99. The summed E-state index contributed by atoms with van der Waals surface area (Å²) in [6, 6.07) is 5.74. The van der Waals surface area contributed by atoms with Crippen molar-refractivity contribution in [2.45, 2.75) is 13.3 Å². The Hall–Kier alpha value is -2.43. The van der Waals surface area contributed by atoms with E-state index in [0.29, 0.717) is 12.1 Å². The lowest BCUT2D eigenvalue weighted by Crippen LogP contribution is -2.26. The summed E-state index contributed by atoms with van der Waals surface area (Å²) in [7, 11) is 1.79. The summed E-state index contributed by atoms with van der Waals surface area (Å²) in [6.45, 7) is 2.46. The molecular weight excluding hydrogens is 252 g/mol. The van der Waals surface area contributed by atoms with Crippen LogP contribution in [0.1, 0.15) is 21.6 Å². The Kier molecular flexibility index (Phi) is 4.65. The number of hydrogen-bond donors (Lipinski definition) is 2.